The van der Waals surface area contributed by atoms with Crippen molar-refractivity contribution in [2.24, 2.45) is 0 Å². The number of H-pyrrole nitrogens is 1. The summed E-state index contributed by atoms with van der Waals surface area (Å²) in [5.41, 5.74) is 3.38. The standard InChI is InChI=1S/C21H25N3O/c1-2-19(16-8-4-3-5-9-16)23-14-12-17(13-15-23)24-20-11-7-6-10-18(20)22-21(24)25/h3-11,17,19H,2,12-15H2,1H3,(H,22,25). The van der Waals surface area contributed by atoms with Gasteiger partial charge in [0.05, 0.1) is 11.0 Å². The van der Waals surface area contributed by atoms with Gasteiger partial charge in [0, 0.05) is 25.2 Å². The zero-order valence-electron chi connectivity index (χ0n) is 14.7. The lowest BCUT2D eigenvalue weighted by Gasteiger charge is -2.37. The molecule has 1 unspecified atom stereocenters. The first kappa shape index (κ1) is 16.2. The molecule has 1 aromatic heterocycles. The summed E-state index contributed by atoms with van der Waals surface area (Å²) in [6, 6.07) is 19.5. The lowest BCUT2D eigenvalue weighted by atomic mass is 9.97. The van der Waals surface area contributed by atoms with Gasteiger partial charge in [-0.25, -0.2) is 4.79 Å². The molecular weight excluding hydrogens is 310 g/mol. The van der Waals surface area contributed by atoms with E-state index in [1.807, 2.05) is 28.8 Å². The van der Waals surface area contributed by atoms with Crippen molar-refractivity contribution < 1.29 is 0 Å². The van der Waals surface area contributed by atoms with E-state index in [0.717, 1.165) is 43.4 Å². The van der Waals surface area contributed by atoms with Crippen molar-refractivity contribution in [1.29, 1.82) is 0 Å². The Morgan fingerprint density at radius 1 is 1.04 bits per heavy atom. The fourth-order valence-electron chi connectivity index (χ4n) is 4.27. The monoisotopic (exact) mass is 335 g/mol. The van der Waals surface area contributed by atoms with Crippen LogP contribution in [0.15, 0.2) is 59.4 Å². The third-order valence-electron chi connectivity index (χ3n) is 5.50. The molecular formula is C21H25N3O. The number of aromatic nitrogens is 2. The third kappa shape index (κ3) is 3.02. The van der Waals surface area contributed by atoms with Crippen LogP contribution in [0, 0.1) is 0 Å². The van der Waals surface area contributed by atoms with Crippen LogP contribution in [0.2, 0.25) is 0 Å². The molecule has 1 fully saturated rings. The van der Waals surface area contributed by atoms with Crippen LogP contribution in [0.3, 0.4) is 0 Å². The largest absolute Gasteiger partial charge is 0.326 e. The quantitative estimate of drug-likeness (QED) is 0.779. The molecule has 1 saturated heterocycles. The van der Waals surface area contributed by atoms with Crippen molar-refractivity contribution in [2.75, 3.05) is 13.1 Å². The number of likely N-dealkylation sites (tertiary alicyclic amines) is 1. The highest BCUT2D eigenvalue weighted by Gasteiger charge is 2.27. The van der Waals surface area contributed by atoms with Crippen LogP contribution in [0.5, 0.6) is 0 Å². The predicted octanol–water partition coefficient (Wildman–Crippen LogP) is 4.12. The summed E-state index contributed by atoms with van der Waals surface area (Å²) in [6.07, 6.45) is 3.15. The maximum absolute atomic E-state index is 12.4. The van der Waals surface area contributed by atoms with Gasteiger partial charge in [0.15, 0.2) is 0 Å². The van der Waals surface area contributed by atoms with Crippen molar-refractivity contribution in [3.05, 3.63) is 70.6 Å². The summed E-state index contributed by atoms with van der Waals surface area (Å²) in [6.45, 7) is 4.32. The number of fused-ring (bicyclic) bond motifs is 1. The highest BCUT2D eigenvalue weighted by Crippen LogP contribution is 2.31. The first-order valence-electron chi connectivity index (χ1n) is 9.26. The predicted molar refractivity (Wildman–Crippen MR) is 102 cm³/mol. The van der Waals surface area contributed by atoms with Crippen LogP contribution in [0.25, 0.3) is 11.0 Å². The Labute approximate surface area is 148 Å². The molecule has 2 aromatic carbocycles. The zero-order valence-corrected chi connectivity index (χ0v) is 14.7. The summed E-state index contributed by atoms with van der Waals surface area (Å²) >= 11 is 0. The molecule has 2 heterocycles. The number of hydrogen-bond acceptors (Lipinski definition) is 2. The van der Waals surface area contributed by atoms with Crippen LogP contribution in [0.4, 0.5) is 0 Å². The molecule has 25 heavy (non-hydrogen) atoms. The molecule has 1 aliphatic rings. The van der Waals surface area contributed by atoms with Crippen LogP contribution < -0.4 is 5.69 Å². The number of hydrogen-bond donors (Lipinski definition) is 1. The summed E-state index contributed by atoms with van der Waals surface area (Å²) in [5, 5.41) is 0. The number of para-hydroxylation sites is 2. The number of nitrogens with one attached hydrogen (secondary N) is 1. The second-order valence-corrected chi connectivity index (χ2v) is 6.92. The van der Waals surface area contributed by atoms with Crippen LogP contribution in [-0.2, 0) is 0 Å². The smallest absolute Gasteiger partial charge is 0.306 e. The van der Waals surface area contributed by atoms with Crippen LogP contribution >= 0.6 is 0 Å². The summed E-state index contributed by atoms with van der Waals surface area (Å²) in [4.78, 5) is 18.0. The number of aromatic amines is 1. The van der Waals surface area contributed by atoms with Crippen LogP contribution in [-0.4, -0.2) is 27.5 Å². The Morgan fingerprint density at radius 3 is 2.44 bits per heavy atom. The highest BCUT2D eigenvalue weighted by molar-refractivity contribution is 5.75. The molecule has 1 N–H and O–H groups in total. The van der Waals surface area contributed by atoms with Gasteiger partial charge in [0.2, 0.25) is 0 Å². The Balaban J connectivity index is 1.53. The van der Waals surface area contributed by atoms with E-state index < -0.39 is 0 Å². The SMILES string of the molecule is CCC(c1ccccc1)N1CCC(n2c(=O)[nH]c3ccccc32)CC1. The molecule has 3 aromatic rings. The summed E-state index contributed by atoms with van der Waals surface area (Å²) < 4.78 is 1.97. The number of rotatable bonds is 4. The van der Waals surface area contributed by atoms with E-state index >= 15 is 0 Å². The number of benzene rings is 2. The van der Waals surface area contributed by atoms with E-state index in [1.54, 1.807) is 0 Å². The summed E-state index contributed by atoms with van der Waals surface area (Å²) in [5.74, 6) is 0. The second kappa shape index (κ2) is 6.89. The fraction of sp³-hybridized carbons (Fsp3) is 0.381. The van der Waals surface area contributed by atoms with Crippen molar-refractivity contribution >= 4 is 11.0 Å². The molecule has 0 aliphatic carbocycles. The molecule has 4 rings (SSSR count). The summed E-state index contributed by atoms with van der Waals surface area (Å²) in [7, 11) is 0. The van der Waals surface area contributed by atoms with Crippen molar-refractivity contribution in [3.63, 3.8) is 0 Å². The molecule has 1 atom stereocenters. The average Bonchev–Trinajstić information content (AvgIpc) is 3.00. The van der Waals surface area contributed by atoms with Gasteiger partial charge in [-0.05, 0) is 37.0 Å². The van der Waals surface area contributed by atoms with E-state index in [2.05, 4.69) is 47.1 Å². The second-order valence-electron chi connectivity index (χ2n) is 6.92. The molecule has 0 saturated carbocycles. The van der Waals surface area contributed by atoms with Gasteiger partial charge in [0.25, 0.3) is 0 Å². The molecule has 130 valence electrons. The van der Waals surface area contributed by atoms with Gasteiger partial charge in [-0.2, -0.15) is 0 Å². The van der Waals surface area contributed by atoms with Gasteiger partial charge in [-0.3, -0.25) is 9.47 Å². The molecule has 1 aliphatic heterocycles. The molecule has 0 bridgehead atoms. The number of piperidine rings is 1. The van der Waals surface area contributed by atoms with Gasteiger partial charge in [0.1, 0.15) is 0 Å². The maximum Gasteiger partial charge on any atom is 0.326 e. The Bertz CT molecular complexity index is 888. The van der Waals surface area contributed by atoms with E-state index in [9.17, 15) is 4.79 Å². The van der Waals surface area contributed by atoms with E-state index in [4.69, 9.17) is 0 Å². The first-order chi connectivity index (χ1) is 12.3. The normalized spacial score (nSPS) is 17.8. The van der Waals surface area contributed by atoms with Gasteiger partial charge < -0.3 is 4.98 Å². The van der Waals surface area contributed by atoms with Gasteiger partial charge in [-0.15, -0.1) is 0 Å². The Hall–Kier alpha value is -2.33. The topological polar surface area (TPSA) is 41.0 Å². The van der Waals surface area contributed by atoms with Crippen molar-refractivity contribution in [2.45, 2.75) is 38.3 Å². The Morgan fingerprint density at radius 2 is 1.72 bits per heavy atom. The molecule has 4 heteroatoms. The molecule has 4 nitrogen and oxygen atoms in total. The average molecular weight is 335 g/mol. The minimum Gasteiger partial charge on any atom is -0.306 e. The highest BCUT2D eigenvalue weighted by atomic mass is 16.1. The molecule has 0 amide bonds. The van der Waals surface area contributed by atoms with Crippen molar-refractivity contribution in [1.82, 2.24) is 14.5 Å². The lowest BCUT2D eigenvalue weighted by molar-refractivity contribution is 0.131. The van der Waals surface area contributed by atoms with Crippen LogP contribution in [0.1, 0.15) is 43.8 Å². The number of nitrogens with zero attached hydrogens (tertiary/aromatic N) is 2. The Kier molecular flexibility index (Phi) is 4.45. The minimum absolute atomic E-state index is 0.0229. The van der Waals surface area contributed by atoms with E-state index in [1.165, 1.54) is 5.56 Å². The van der Waals surface area contributed by atoms with Crippen molar-refractivity contribution in [3.8, 4) is 0 Å². The minimum atomic E-state index is 0.0229. The molecule has 0 spiro atoms. The number of imidazole rings is 1. The van der Waals surface area contributed by atoms with Gasteiger partial charge >= 0.3 is 5.69 Å². The first-order valence-corrected chi connectivity index (χ1v) is 9.26. The van der Waals surface area contributed by atoms with E-state index in [-0.39, 0.29) is 11.7 Å². The third-order valence-corrected chi connectivity index (χ3v) is 5.50. The fourth-order valence-corrected chi connectivity index (χ4v) is 4.27. The maximum atomic E-state index is 12.4. The van der Waals surface area contributed by atoms with Gasteiger partial charge in [-0.1, -0.05) is 49.4 Å². The molecule has 0 radical (unpaired) electrons. The zero-order chi connectivity index (χ0) is 17.2. The lowest BCUT2D eigenvalue weighted by Crippen LogP contribution is -2.39. The van der Waals surface area contributed by atoms with E-state index in [0.29, 0.717) is 6.04 Å².